The van der Waals surface area contributed by atoms with E-state index in [2.05, 4.69) is 4.98 Å². The van der Waals surface area contributed by atoms with E-state index in [0.717, 1.165) is 0 Å². The normalized spacial score (nSPS) is 27.4. The maximum atomic E-state index is 11.5. The average Bonchev–Trinajstić information content (AvgIpc) is 2.68. The predicted octanol–water partition coefficient (Wildman–Crippen LogP) is -0.0171. The molecule has 156 valence electrons. The third-order valence-corrected chi connectivity index (χ3v) is 5.35. The first-order chi connectivity index (χ1) is 13.6. The summed E-state index contributed by atoms with van der Waals surface area (Å²) in [5.41, 5.74) is -0.459. The van der Waals surface area contributed by atoms with Crippen LogP contribution in [0.3, 0.4) is 0 Å². The summed E-state index contributed by atoms with van der Waals surface area (Å²) in [5.74, 6) is -0.0254. The molecule has 0 saturated carbocycles. The Labute approximate surface area is 166 Å². The molecular formula is C18H19NO9S. The van der Waals surface area contributed by atoms with Crippen molar-refractivity contribution in [3.8, 4) is 17.0 Å². The van der Waals surface area contributed by atoms with E-state index >= 15 is 0 Å². The van der Waals surface area contributed by atoms with Gasteiger partial charge < -0.3 is 24.8 Å². The lowest BCUT2D eigenvalue weighted by atomic mass is 10.1. The maximum absolute atomic E-state index is 11.5. The lowest BCUT2D eigenvalue weighted by Crippen LogP contribution is -2.61. The zero-order chi connectivity index (χ0) is 21.3. The number of carbonyl (C=O) groups excluding carboxylic acids is 1. The lowest BCUT2D eigenvalue weighted by Gasteiger charge is -2.38. The van der Waals surface area contributed by atoms with Gasteiger partial charge in [0.05, 0.1) is 11.9 Å². The van der Waals surface area contributed by atoms with Gasteiger partial charge >= 0.3 is 0 Å². The second kappa shape index (κ2) is 8.14. The molecule has 2 aromatic rings. The van der Waals surface area contributed by atoms with Crippen molar-refractivity contribution in [2.75, 3.05) is 0 Å². The van der Waals surface area contributed by atoms with Crippen molar-refractivity contribution >= 4 is 15.9 Å². The van der Waals surface area contributed by atoms with E-state index in [4.69, 9.17) is 14.0 Å². The molecule has 1 aliphatic rings. The molecule has 10 nitrogen and oxygen atoms in total. The van der Waals surface area contributed by atoms with Crippen molar-refractivity contribution in [3.63, 3.8) is 0 Å². The van der Waals surface area contributed by atoms with E-state index in [1.807, 2.05) is 0 Å². The number of aliphatic hydroxyl groups is 3. The van der Waals surface area contributed by atoms with Gasteiger partial charge in [-0.25, -0.2) is 0 Å². The van der Waals surface area contributed by atoms with Crippen molar-refractivity contribution in [2.24, 2.45) is 0 Å². The molecule has 5 atom stereocenters. The van der Waals surface area contributed by atoms with Crippen molar-refractivity contribution in [1.29, 1.82) is 0 Å². The van der Waals surface area contributed by atoms with Crippen LogP contribution in [0.25, 0.3) is 11.3 Å². The number of aliphatic hydroxyl groups excluding tert-OH is 3. The smallest absolute Gasteiger partial charge is 0.295 e. The Kier molecular flexibility index (Phi) is 5.98. The second-order valence-electron chi connectivity index (χ2n) is 6.49. The van der Waals surface area contributed by atoms with Gasteiger partial charge in [0.1, 0.15) is 24.1 Å². The minimum Gasteiger partial charge on any atom is -0.460 e. The number of hydrogen-bond donors (Lipinski definition) is 4. The Morgan fingerprint density at radius 3 is 2.41 bits per heavy atom. The first kappa shape index (κ1) is 21.3. The van der Waals surface area contributed by atoms with Gasteiger partial charge in [0, 0.05) is 11.1 Å². The van der Waals surface area contributed by atoms with Crippen LogP contribution < -0.4 is 4.74 Å². The van der Waals surface area contributed by atoms with Gasteiger partial charge in [-0.1, -0.05) is 18.2 Å². The van der Waals surface area contributed by atoms with E-state index < -0.39 is 40.2 Å². The third kappa shape index (κ3) is 4.61. The largest absolute Gasteiger partial charge is 0.460 e. The molecule has 1 fully saturated rings. The molecule has 0 amide bonds. The molecule has 1 unspecified atom stereocenters. The zero-order valence-electron chi connectivity index (χ0n) is 15.1. The number of ether oxygens (including phenoxy) is 2. The van der Waals surface area contributed by atoms with Crippen LogP contribution in [0.15, 0.2) is 42.6 Å². The highest BCUT2D eigenvalue weighted by molar-refractivity contribution is 7.86. The molecule has 0 spiro atoms. The maximum Gasteiger partial charge on any atom is 0.295 e. The number of ketones is 1. The zero-order valence-corrected chi connectivity index (χ0v) is 15.9. The van der Waals surface area contributed by atoms with Gasteiger partial charge in [0.2, 0.25) is 11.7 Å². The molecule has 3 rings (SSSR count). The summed E-state index contributed by atoms with van der Waals surface area (Å²) < 4.78 is 42.0. The first-order valence-electron chi connectivity index (χ1n) is 8.48. The molecule has 1 saturated heterocycles. The van der Waals surface area contributed by atoms with Gasteiger partial charge in [-0.2, -0.15) is 8.42 Å². The number of nitrogens with zero attached hydrogens (tertiary/aromatic N) is 1. The summed E-state index contributed by atoms with van der Waals surface area (Å²) >= 11 is 0. The van der Waals surface area contributed by atoms with Gasteiger partial charge in [0.15, 0.2) is 5.78 Å². The van der Waals surface area contributed by atoms with Crippen LogP contribution in [0.4, 0.5) is 0 Å². The predicted molar refractivity (Wildman–Crippen MR) is 98.5 cm³/mol. The SMILES string of the molecule is CC(=O)c1cccc(-c2ccc(O[C@@H]3OC(S(=O)(=O)O)[C@@H](O)[C@H](O)[C@H]3O)cn2)c1. The fourth-order valence-electron chi connectivity index (χ4n) is 2.81. The van der Waals surface area contributed by atoms with E-state index in [0.29, 0.717) is 16.8 Å². The van der Waals surface area contributed by atoms with Crippen LogP contribution in [0.1, 0.15) is 17.3 Å². The highest BCUT2D eigenvalue weighted by Gasteiger charge is 2.50. The summed E-state index contributed by atoms with van der Waals surface area (Å²) in [6.07, 6.45) is -6.19. The van der Waals surface area contributed by atoms with E-state index in [-0.39, 0.29) is 11.5 Å². The number of Topliss-reactive ketones (excluding diaryl/α,β-unsaturated/α-hetero) is 1. The number of pyridine rings is 1. The van der Waals surface area contributed by atoms with E-state index in [1.165, 1.54) is 19.2 Å². The van der Waals surface area contributed by atoms with Crippen molar-refractivity contribution < 1.29 is 42.6 Å². The monoisotopic (exact) mass is 425 g/mol. The van der Waals surface area contributed by atoms with Crippen LogP contribution in [-0.2, 0) is 14.9 Å². The Bertz CT molecular complexity index is 993. The summed E-state index contributed by atoms with van der Waals surface area (Å²) in [7, 11) is -4.88. The Morgan fingerprint density at radius 2 is 1.83 bits per heavy atom. The van der Waals surface area contributed by atoms with Crippen molar-refractivity contribution in [1.82, 2.24) is 4.98 Å². The fraction of sp³-hybridized carbons (Fsp3) is 0.333. The quantitative estimate of drug-likeness (QED) is 0.378. The number of benzene rings is 1. The number of aromatic nitrogens is 1. The highest BCUT2D eigenvalue weighted by atomic mass is 32.2. The second-order valence-corrected chi connectivity index (χ2v) is 7.99. The minimum absolute atomic E-state index is 0.0678. The summed E-state index contributed by atoms with van der Waals surface area (Å²) in [5, 5.41) is 29.5. The number of hydrogen-bond acceptors (Lipinski definition) is 9. The molecule has 1 aromatic carbocycles. The molecule has 11 heteroatoms. The summed E-state index contributed by atoms with van der Waals surface area (Å²) in [4.78, 5) is 15.7. The van der Waals surface area contributed by atoms with Gasteiger partial charge in [0.25, 0.3) is 10.1 Å². The standard InChI is InChI=1S/C18H19NO9S/c1-9(20)10-3-2-4-11(7-10)13-6-5-12(8-19-13)27-17-15(22)14(21)16(23)18(28-17)29(24,25)26/h2-8,14-18,21-23H,1H3,(H,24,25,26)/t14-,15-,16+,17-,18?/m1/s1. The first-order valence-corrected chi connectivity index (χ1v) is 9.98. The van der Waals surface area contributed by atoms with Crippen LogP contribution in [0, 0.1) is 0 Å². The molecule has 0 radical (unpaired) electrons. The van der Waals surface area contributed by atoms with Gasteiger partial charge in [-0.05, 0) is 25.1 Å². The molecule has 29 heavy (non-hydrogen) atoms. The number of carbonyl (C=O) groups is 1. The summed E-state index contributed by atoms with van der Waals surface area (Å²) in [6.45, 7) is 1.45. The average molecular weight is 425 g/mol. The Balaban J connectivity index is 1.78. The van der Waals surface area contributed by atoms with Crippen LogP contribution in [0.2, 0.25) is 0 Å². The van der Waals surface area contributed by atoms with Gasteiger partial charge in [-0.15, -0.1) is 0 Å². The summed E-state index contributed by atoms with van der Waals surface area (Å²) in [6, 6.07) is 9.85. The van der Waals surface area contributed by atoms with Crippen molar-refractivity contribution in [3.05, 3.63) is 48.2 Å². The molecule has 4 N–H and O–H groups in total. The topological polar surface area (TPSA) is 163 Å². The minimum atomic E-state index is -4.88. The Hall–Kier alpha value is -2.41. The van der Waals surface area contributed by atoms with Crippen LogP contribution in [-0.4, -0.2) is 69.1 Å². The van der Waals surface area contributed by atoms with Crippen LogP contribution >= 0.6 is 0 Å². The molecule has 0 aliphatic carbocycles. The Morgan fingerprint density at radius 1 is 1.10 bits per heavy atom. The molecular weight excluding hydrogens is 406 g/mol. The molecule has 2 heterocycles. The van der Waals surface area contributed by atoms with Crippen LogP contribution in [0.5, 0.6) is 5.75 Å². The molecule has 1 aromatic heterocycles. The molecule has 0 bridgehead atoms. The van der Waals surface area contributed by atoms with Crippen molar-refractivity contribution in [2.45, 2.75) is 37.0 Å². The van der Waals surface area contributed by atoms with E-state index in [1.54, 1.807) is 30.3 Å². The van der Waals surface area contributed by atoms with Gasteiger partial charge in [-0.3, -0.25) is 14.3 Å². The number of rotatable bonds is 5. The highest BCUT2D eigenvalue weighted by Crippen LogP contribution is 2.27. The lowest BCUT2D eigenvalue weighted by molar-refractivity contribution is -0.254. The molecule has 1 aliphatic heterocycles. The fourth-order valence-corrected chi connectivity index (χ4v) is 3.58. The third-order valence-electron chi connectivity index (χ3n) is 4.37. The van der Waals surface area contributed by atoms with E-state index in [9.17, 15) is 28.5 Å².